The fraction of sp³-hybridized carbons (Fsp3) is 0.294. The van der Waals surface area contributed by atoms with Gasteiger partial charge in [-0.3, -0.25) is 0 Å². The average Bonchev–Trinajstić information content (AvgIpc) is 2.97. The van der Waals surface area contributed by atoms with Crippen molar-refractivity contribution < 1.29 is 22.6 Å². The molecule has 0 radical (unpaired) electrons. The molecule has 2 aromatic rings. The Hall–Kier alpha value is -2.37. The van der Waals surface area contributed by atoms with Gasteiger partial charge in [-0.1, -0.05) is 18.2 Å². The molecule has 1 heterocycles. The van der Waals surface area contributed by atoms with Crippen molar-refractivity contribution in [2.45, 2.75) is 18.6 Å². The molecule has 2 aromatic carbocycles. The van der Waals surface area contributed by atoms with E-state index in [4.69, 9.17) is 9.47 Å². The van der Waals surface area contributed by atoms with Crippen LogP contribution in [-0.4, -0.2) is 14.2 Å². The van der Waals surface area contributed by atoms with Gasteiger partial charge in [-0.15, -0.1) is 0 Å². The number of hydrogen-bond donors (Lipinski definition) is 1. The third-order valence-corrected chi connectivity index (χ3v) is 4.01. The molecule has 0 saturated heterocycles. The van der Waals surface area contributed by atoms with Gasteiger partial charge in [0, 0.05) is 0 Å². The first-order chi connectivity index (χ1) is 10.9. The van der Waals surface area contributed by atoms with Crippen molar-refractivity contribution in [3.05, 3.63) is 53.1 Å². The van der Waals surface area contributed by atoms with Crippen molar-refractivity contribution in [2.75, 3.05) is 19.5 Å². The molecular weight excluding hydrogens is 307 g/mol. The Morgan fingerprint density at radius 2 is 1.78 bits per heavy atom. The van der Waals surface area contributed by atoms with E-state index in [-0.39, 0.29) is 11.7 Å². The highest BCUT2D eigenvalue weighted by Crippen LogP contribution is 2.44. The van der Waals surface area contributed by atoms with Gasteiger partial charge in [-0.05, 0) is 35.7 Å². The largest absolute Gasteiger partial charge is 0.493 e. The Labute approximate surface area is 132 Å². The minimum Gasteiger partial charge on any atom is -0.493 e. The first kappa shape index (κ1) is 15.5. The lowest BCUT2D eigenvalue weighted by molar-refractivity contribution is -0.136. The van der Waals surface area contributed by atoms with Gasteiger partial charge < -0.3 is 14.8 Å². The van der Waals surface area contributed by atoms with Crippen LogP contribution in [0.3, 0.4) is 0 Å². The van der Waals surface area contributed by atoms with Gasteiger partial charge >= 0.3 is 6.18 Å². The summed E-state index contributed by atoms with van der Waals surface area (Å²) in [6, 6.07) is 9.41. The summed E-state index contributed by atoms with van der Waals surface area (Å²) in [5.74, 6) is 1.14. The normalized spacial score (nSPS) is 16.7. The smallest absolute Gasteiger partial charge is 0.418 e. The second-order valence-corrected chi connectivity index (χ2v) is 5.35. The van der Waals surface area contributed by atoms with Crippen molar-refractivity contribution in [3.63, 3.8) is 0 Å². The number of nitrogens with one attached hydrogen (secondary N) is 1. The maximum Gasteiger partial charge on any atom is 0.418 e. The van der Waals surface area contributed by atoms with E-state index in [9.17, 15) is 13.2 Å². The molecule has 0 spiro atoms. The van der Waals surface area contributed by atoms with Crippen LogP contribution >= 0.6 is 0 Å². The molecule has 1 aliphatic rings. The molecular formula is C17H16F3NO2. The third-order valence-electron chi connectivity index (χ3n) is 4.01. The Kier molecular flexibility index (Phi) is 3.83. The standard InChI is InChI=1S/C17H16F3NO2/c1-22-14-7-6-10(9-15(14)23-2)13-8-11-4-3-5-12(16(11)21-13)17(18,19)20/h3-7,9,13,21H,8H2,1-2H3. The van der Waals surface area contributed by atoms with Crippen LogP contribution in [0.1, 0.15) is 22.7 Å². The van der Waals surface area contributed by atoms with Gasteiger partial charge in [0.05, 0.1) is 31.5 Å². The maximum atomic E-state index is 13.1. The van der Waals surface area contributed by atoms with Crippen molar-refractivity contribution in [3.8, 4) is 11.5 Å². The SMILES string of the molecule is COc1ccc(C2Cc3cccc(C(F)(F)F)c3N2)cc1OC. The van der Waals surface area contributed by atoms with Gasteiger partial charge in [0.2, 0.25) is 0 Å². The molecule has 23 heavy (non-hydrogen) atoms. The molecule has 1 aliphatic heterocycles. The summed E-state index contributed by atoms with van der Waals surface area (Å²) in [6.07, 6.45) is -3.88. The van der Waals surface area contributed by atoms with Crippen molar-refractivity contribution >= 4 is 5.69 Å². The number of alkyl halides is 3. The minimum absolute atomic E-state index is 0.166. The van der Waals surface area contributed by atoms with E-state index in [1.165, 1.54) is 20.3 Å². The van der Waals surface area contributed by atoms with Crippen LogP contribution in [0.25, 0.3) is 0 Å². The molecule has 1 atom stereocenters. The van der Waals surface area contributed by atoms with Crippen LogP contribution in [0.5, 0.6) is 11.5 Å². The molecule has 0 amide bonds. The van der Waals surface area contributed by atoms with Gasteiger partial charge in [-0.25, -0.2) is 0 Å². The Bertz CT molecular complexity index is 728. The summed E-state index contributed by atoms with van der Waals surface area (Å²) in [5, 5.41) is 3.00. The zero-order valence-corrected chi connectivity index (χ0v) is 12.7. The van der Waals surface area contributed by atoms with E-state index in [1.54, 1.807) is 18.2 Å². The zero-order valence-electron chi connectivity index (χ0n) is 12.7. The average molecular weight is 323 g/mol. The first-order valence-corrected chi connectivity index (χ1v) is 7.11. The quantitative estimate of drug-likeness (QED) is 0.906. The fourth-order valence-corrected chi connectivity index (χ4v) is 2.89. The van der Waals surface area contributed by atoms with Crippen LogP contribution < -0.4 is 14.8 Å². The number of rotatable bonds is 3. The van der Waals surface area contributed by atoms with Gasteiger partial charge in [0.1, 0.15) is 0 Å². The molecule has 3 nitrogen and oxygen atoms in total. The Morgan fingerprint density at radius 1 is 1.04 bits per heavy atom. The highest BCUT2D eigenvalue weighted by atomic mass is 19.4. The predicted octanol–water partition coefficient (Wildman–Crippen LogP) is 4.43. The summed E-state index contributed by atoms with van der Waals surface area (Å²) < 4.78 is 49.8. The number of fused-ring (bicyclic) bond motifs is 1. The number of benzene rings is 2. The lowest BCUT2D eigenvalue weighted by Crippen LogP contribution is -2.10. The van der Waals surface area contributed by atoms with Crippen molar-refractivity contribution in [2.24, 2.45) is 0 Å². The number of ether oxygens (including phenoxy) is 2. The monoisotopic (exact) mass is 323 g/mol. The number of anilines is 1. The molecule has 0 bridgehead atoms. The van der Waals surface area contributed by atoms with Crippen molar-refractivity contribution in [1.82, 2.24) is 0 Å². The van der Waals surface area contributed by atoms with Crippen LogP contribution in [-0.2, 0) is 12.6 Å². The molecule has 0 fully saturated rings. The van der Waals surface area contributed by atoms with E-state index in [0.29, 0.717) is 23.5 Å². The highest BCUT2D eigenvalue weighted by molar-refractivity contribution is 5.64. The van der Waals surface area contributed by atoms with Crippen LogP contribution in [0.2, 0.25) is 0 Å². The van der Waals surface area contributed by atoms with Crippen LogP contribution in [0, 0.1) is 0 Å². The summed E-state index contributed by atoms with van der Waals surface area (Å²) >= 11 is 0. The first-order valence-electron chi connectivity index (χ1n) is 7.11. The number of methoxy groups -OCH3 is 2. The lowest BCUT2D eigenvalue weighted by Gasteiger charge is -2.16. The van der Waals surface area contributed by atoms with E-state index in [2.05, 4.69) is 5.32 Å². The predicted molar refractivity (Wildman–Crippen MR) is 81.1 cm³/mol. The van der Waals surface area contributed by atoms with Crippen molar-refractivity contribution in [1.29, 1.82) is 0 Å². The van der Waals surface area contributed by atoms with Crippen LogP contribution in [0.4, 0.5) is 18.9 Å². The second-order valence-electron chi connectivity index (χ2n) is 5.35. The van der Waals surface area contributed by atoms with Crippen LogP contribution in [0.15, 0.2) is 36.4 Å². The summed E-state index contributed by atoms with van der Waals surface area (Å²) in [7, 11) is 3.07. The van der Waals surface area contributed by atoms with Gasteiger partial charge in [0.25, 0.3) is 0 Å². The fourth-order valence-electron chi connectivity index (χ4n) is 2.89. The van der Waals surface area contributed by atoms with E-state index >= 15 is 0 Å². The molecule has 0 aliphatic carbocycles. The summed E-state index contributed by atoms with van der Waals surface area (Å²) in [6.45, 7) is 0. The lowest BCUT2D eigenvalue weighted by atomic mass is 10.0. The second kappa shape index (κ2) is 5.68. The zero-order chi connectivity index (χ0) is 16.6. The highest BCUT2D eigenvalue weighted by Gasteiger charge is 2.37. The molecule has 3 rings (SSSR count). The van der Waals surface area contributed by atoms with E-state index in [0.717, 1.165) is 11.6 Å². The molecule has 0 saturated carbocycles. The van der Waals surface area contributed by atoms with Gasteiger partial charge in [0.15, 0.2) is 11.5 Å². The number of hydrogen-bond acceptors (Lipinski definition) is 3. The van der Waals surface area contributed by atoms with E-state index < -0.39 is 11.7 Å². The molecule has 1 N–H and O–H groups in total. The Morgan fingerprint density at radius 3 is 2.43 bits per heavy atom. The summed E-state index contributed by atoms with van der Waals surface area (Å²) in [4.78, 5) is 0. The summed E-state index contributed by atoms with van der Waals surface area (Å²) in [5.41, 5.74) is 1.06. The molecule has 1 unspecified atom stereocenters. The number of halogens is 3. The molecule has 0 aromatic heterocycles. The third kappa shape index (κ3) is 2.81. The van der Waals surface area contributed by atoms with E-state index in [1.807, 2.05) is 6.07 Å². The number of para-hydroxylation sites is 1. The minimum atomic E-state index is -4.37. The topological polar surface area (TPSA) is 30.5 Å². The van der Waals surface area contributed by atoms with Gasteiger partial charge in [-0.2, -0.15) is 13.2 Å². The molecule has 6 heteroatoms. The maximum absolute atomic E-state index is 13.1. The Balaban J connectivity index is 1.94. The molecule has 122 valence electrons.